The molecule has 0 unspecified atom stereocenters. The molecule has 0 aliphatic carbocycles. The number of alkyl halides is 3. The molecule has 1 aromatic heterocycles. The number of nitrogens with zero attached hydrogens (tertiary/aromatic N) is 1. The molecule has 1 heterocycles. The quantitative estimate of drug-likeness (QED) is 0.768. The number of aromatic carboxylic acids is 1. The van der Waals surface area contributed by atoms with E-state index in [2.05, 4.69) is 4.98 Å². The molecule has 0 amide bonds. The topological polar surface area (TPSA) is 50.2 Å². The number of pyridine rings is 1. The summed E-state index contributed by atoms with van der Waals surface area (Å²) in [7, 11) is 0. The second-order valence-corrected chi connectivity index (χ2v) is 4.49. The van der Waals surface area contributed by atoms with Crippen LogP contribution in [0.5, 0.6) is 0 Å². The summed E-state index contributed by atoms with van der Waals surface area (Å²) in [6, 6.07) is 4.23. The number of rotatable bonds is 1. The van der Waals surface area contributed by atoms with Gasteiger partial charge in [0.15, 0.2) is 0 Å². The first-order valence-electron chi connectivity index (χ1n) is 3.19. The van der Waals surface area contributed by atoms with Gasteiger partial charge in [-0.2, -0.15) is 0 Å². The monoisotopic (exact) mass is 239 g/mol. The zero-order valence-electron chi connectivity index (χ0n) is 6.17. The fourth-order valence-corrected chi connectivity index (χ4v) is 1.03. The van der Waals surface area contributed by atoms with Gasteiger partial charge in [0.1, 0.15) is 5.69 Å². The van der Waals surface area contributed by atoms with Crippen molar-refractivity contribution in [3.8, 4) is 0 Å². The molecule has 0 bridgehead atoms. The van der Waals surface area contributed by atoms with Crippen LogP contribution in [0.25, 0.3) is 0 Å². The average Bonchev–Trinajstić information content (AvgIpc) is 2.03. The van der Waals surface area contributed by atoms with Crippen LogP contribution in [-0.4, -0.2) is 16.1 Å². The van der Waals surface area contributed by atoms with Crippen molar-refractivity contribution < 1.29 is 9.90 Å². The first kappa shape index (κ1) is 10.6. The van der Waals surface area contributed by atoms with Gasteiger partial charge in [-0.1, -0.05) is 40.9 Å². The van der Waals surface area contributed by atoms with E-state index in [0.29, 0.717) is 0 Å². The van der Waals surface area contributed by atoms with Crippen molar-refractivity contribution in [1.29, 1.82) is 0 Å². The number of carboxylic acids is 1. The van der Waals surface area contributed by atoms with Gasteiger partial charge in [0, 0.05) is 0 Å². The fraction of sp³-hybridized carbons (Fsp3) is 0.143. The Morgan fingerprint density at radius 2 is 2.00 bits per heavy atom. The third-order valence-electron chi connectivity index (χ3n) is 1.26. The number of carbonyl (C=O) groups is 1. The molecule has 0 aromatic carbocycles. The molecule has 0 saturated heterocycles. The summed E-state index contributed by atoms with van der Waals surface area (Å²) in [6.45, 7) is 0. The second kappa shape index (κ2) is 3.70. The molecule has 0 radical (unpaired) electrons. The van der Waals surface area contributed by atoms with Gasteiger partial charge >= 0.3 is 5.97 Å². The largest absolute Gasteiger partial charge is 0.477 e. The van der Waals surface area contributed by atoms with E-state index in [9.17, 15) is 4.79 Å². The minimum Gasteiger partial charge on any atom is -0.477 e. The minimum absolute atomic E-state index is 0.0948. The molecule has 0 aliphatic heterocycles. The Labute approximate surface area is 89.2 Å². The number of hydrogen-bond donors (Lipinski definition) is 1. The van der Waals surface area contributed by atoms with E-state index < -0.39 is 9.76 Å². The number of halogens is 3. The van der Waals surface area contributed by atoms with Crippen molar-refractivity contribution in [3.63, 3.8) is 0 Å². The Morgan fingerprint density at radius 1 is 1.38 bits per heavy atom. The van der Waals surface area contributed by atoms with Gasteiger partial charge in [0.05, 0.1) is 5.69 Å². The fourth-order valence-electron chi connectivity index (χ4n) is 0.712. The number of aromatic nitrogens is 1. The zero-order valence-corrected chi connectivity index (χ0v) is 8.44. The second-order valence-electron chi connectivity index (χ2n) is 2.21. The summed E-state index contributed by atoms with van der Waals surface area (Å²) >= 11 is 16.5. The predicted molar refractivity (Wildman–Crippen MR) is 50.4 cm³/mol. The molecule has 0 aliphatic rings. The van der Waals surface area contributed by atoms with Crippen molar-refractivity contribution in [3.05, 3.63) is 29.6 Å². The SMILES string of the molecule is O=C(O)c1cccc(C(Cl)(Cl)Cl)n1. The van der Waals surface area contributed by atoms with E-state index in [1.807, 2.05) is 0 Å². The number of carboxylic acid groups (broad SMARTS) is 1. The molecule has 6 heteroatoms. The highest BCUT2D eigenvalue weighted by atomic mass is 35.6. The smallest absolute Gasteiger partial charge is 0.354 e. The van der Waals surface area contributed by atoms with E-state index in [1.165, 1.54) is 18.2 Å². The van der Waals surface area contributed by atoms with Crippen LogP contribution in [0.15, 0.2) is 18.2 Å². The molecule has 0 spiro atoms. The van der Waals surface area contributed by atoms with E-state index >= 15 is 0 Å². The maximum atomic E-state index is 10.5. The van der Waals surface area contributed by atoms with E-state index in [0.717, 1.165) is 0 Å². The first-order chi connectivity index (χ1) is 5.91. The molecule has 3 nitrogen and oxygen atoms in total. The van der Waals surface area contributed by atoms with E-state index in [1.54, 1.807) is 0 Å². The third kappa shape index (κ3) is 2.72. The lowest BCUT2D eigenvalue weighted by Gasteiger charge is -2.09. The molecular formula is C7H4Cl3NO2. The number of hydrogen-bond acceptors (Lipinski definition) is 2. The molecule has 0 atom stereocenters. The summed E-state index contributed by atoms with van der Waals surface area (Å²) in [5.74, 6) is -1.16. The molecule has 0 fully saturated rings. The molecule has 0 saturated carbocycles. The molecule has 1 aromatic rings. The Morgan fingerprint density at radius 3 is 2.46 bits per heavy atom. The highest BCUT2D eigenvalue weighted by molar-refractivity contribution is 6.66. The van der Waals surface area contributed by atoms with Crippen LogP contribution in [-0.2, 0) is 3.79 Å². The summed E-state index contributed by atoms with van der Waals surface area (Å²) in [4.78, 5) is 14.1. The predicted octanol–water partition coefficient (Wildman–Crippen LogP) is 2.61. The van der Waals surface area contributed by atoms with Gasteiger partial charge in [-0.25, -0.2) is 9.78 Å². The van der Waals surface area contributed by atoms with Crippen LogP contribution in [0.1, 0.15) is 16.2 Å². The third-order valence-corrected chi connectivity index (χ3v) is 1.84. The molecule has 1 rings (SSSR count). The molecule has 13 heavy (non-hydrogen) atoms. The van der Waals surface area contributed by atoms with Crippen molar-refractivity contribution in [2.45, 2.75) is 3.79 Å². The van der Waals surface area contributed by atoms with Crippen LogP contribution in [0.3, 0.4) is 0 Å². The van der Waals surface area contributed by atoms with Gasteiger partial charge in [-0.05, 0) is 12.1 Å². The minimum atomic E-state index is -1.69. The lowest BCUT2D eigenvalue weighted by Crippen LogP contribution is -2.08. The normalized spacial score (nSPS) is 11.3. The Kier molecular flexibility index (Phi) is 3.01. The van der Waals surface area contributed by atoms with Crippen LogP contribution in [0.4, 0.5) is 0 Å². The lowest BCUT2D eigenvalue weighted by molar-refractivity contribution is 0.0690. The van der Waals surface area contributed by atoms with Crippen LogP contribution < -0.4 is 0 Å². The Balaban J connectivity index is 3.13. The highest BCUT2D eigenvalue weighted by Gasteiger charge is 2.25. The Bertz CT molecular complexity index is 335. The van der Waals surface area contributed by atoms with E-state index in [4.69, 9.17) is 39.9 Å². The van der Waals surface area contributed by atoms with Crippen molar-refractivity contribution >= 4 is 40.8 Å². The van der Waals surface area contributed by atoms with Crippen LogP contribution in [0.2, 0.25) is 0 Å². The summed E-state index contributed by atoms with van der Waals surface area (Å²) in [6.07, 6.45) is 0. The maximum absolute atomic E-state index is 10.5. The van der Waals surface area contributed by atoms with Crippen molar-refractivity contribution in [1.82, 2.24) is 4.98 Å². The molecule has 1 N–H and O–H groups in total. The summed E-state index contributed by atoms with van der Waals surface area (Å²) in [5.41, 5.74) is -0.0544. The zero-order chi connectivity index (χ0) is 10.1. The average molecular weight is 240 g/mol. The van der Waals surface area contributed by atoms with Crippen molar-refractivity contribution in [2.24, 2.45) is 0 Å². The first-order valence-corrected chi connectivity index (χ1v) is 4.32. The van der Waals surface area contributed by atoms with E-state index in [-0.39, 0.29) is 11.4 Å². The van der Waals surface area contributed by atoms with Gasteiger partial charge < -0.3 is 5.11 Å². The van der Waals surface area contributed by atoms with Crippen molar-refractivity contribution in [2.75, 3.05) is 0 Å². The summed E-state index contributed by atoms with van der Waals surface area (Å²) < 4.78 is -1.69. The van der Waals surface area contributed by atoms with Gasteiger partial charge in [0.25, 0.3) is 0 Å². The highest BCUT2D eigenvalue weighted by Crippen LogP contribution is 2.36. The lowest BCUT2D eigenvalue weighted by atomic mass is 10.3. The van der Waals surface area contributed by atoms with Crippen LogP contribution in [0, 0.1) is 0 Å². The standard InChI is InChI=1S/C7H4Cl3NO2/c8-7(9,10)5-3-1-2-4(11-5)6(12)13/h1-3H,(H,12,13). The van der Waals surface area contributed by atoms with Gasteiger partial charge in [-0.15, -0.1) is 0 Å². The van der Waals surface area contributed by atoms with Gasteiger partial charge in [-0.3, -0.25) is 0 Å². The summed E-state index contributed by atoms with van der Waals surface area (Å²) in [5, 5.41) is 8.58. The maximum Gasteiger partial charge on any atom is 0.354 e. The van der Waals surface area contributed by atoms with Crippen LogP contribution >= 0.6 is 34.8 Å². The molecule has 70 valence electrons. The molecular weight excluding hydrogens is 236 g/mol. The Hall–Kier alpha value is -0.510. The van der Waals surface area contributed by atoms with Gasteiger partial charge in [0.2, 0.25) is 3.79 Å².